The van der Waals surface area contributed by atoms with Crippen LogP contribution in [0.1, 0.15) is 11.1 Å². The number of rotatable bonds is 3. The Kier molecular flexibility index (Phi) is 4.25. The lowest BCUT2D eigenvalue weighted by molar-refractivity contribution is 0.303. The van der Waals surface area contributed by atoms with Gasteiger partial charge in [0, 0.05) is 10.6 Å². The molecule has 0 unspecified atom stereocenters. The summed E-state index contributed by atoms with van der Waals surface area (Å²) in [6, 6.07) is 10.0. The third-order valence-corrected chi connectivity index (χ3v) is 3.47. The van der Waals surface area contributed by atoms with Gasteiger partial charge >= 0.3 is 0 Å². The van der Waals surface area contributed by atoms with Crippen molar-refractivity contribution in [2.24, 2.45) is 0 Å². The Labute approximate surface area is 119 Å². The lowest BCUT2D eigenvalue weighted by Crippen LogP contribution is -1.97. The monoisotopic (exact) mass is 328 g/mol. The topological polar surface area (TPSA) is 9.23 Å². The molecule has 0 aliphatic heterocycles. The van der Waals surface area contributed by atoms with Gasteiger partial charge in [0.15, 0.2) is 0 Å². The van der Waals surface area contributed by atoms with Gasteiger partial charge in [-0.3, -0.25) is 0 Å². The normalized spacial score (nSPS) is 10.4. The summed E-state index contributed by atoms with van der Waals surface area (Å²) in [6.07, 6.45) is 0. The molecule has 2 aromatic carbocycles. The fraction of sp³-hybridized carbons (Fsp3) is 0.143. The van der Waals surface area contributed by atoms with Gasteiger partial charge in [-0.1, -0.05) is 17.7 Å². The molecule has 0 spiro atoms. The van der Waals surface area contributed by atoms with Gasteiger partial charge in [-0.15, -0.1) is 0 Å². The third-order valence-electron chi connectivity index (χ3n) is 2.48. The minimum absolute atomic E-state index is 0.234. The summed E-state index contributed by atoms with van der Waals surface area (Å²) in [6.45, 7) is 2.23. The first-order chi connectivity index (χ1) is 8.56. The average Bonchev–Trinajstić information content (AvgIpc) is 2.32. The van der Waals surface area contributed by atoms with Gasteiger partial charge in [-0.05, 0) is 58.7 Å². The fourth-order valence-corrected chi connectivity index (χ4v) is 2.31. The van der Waals surface area contributed by atoms with Gasteiger partial charge in [0.25, 0.3) is 0 Å². The largest absolute Gasteiger partial charge is 0.488 e. The van der Waals surface area contributed by atoms with Crippen LogP contribution in [-0.2, 0) is 6.61 Å². The average molecular weight is 330 g/mol. The smallest absolute Gasteiger partial charge is 0.134 e. The standard InChI is InChI=1S/C14H11BrClFO/c1-9-2-5-14(12(15)6-9)18-8-10-7-11(17)3-4-13(10)16/h2-7H,8H2,1H3. The molecule has 0 amide bonds. The Morgan fingerprint density at radius 2 is 2.00 bits per heavy atom. The first kappa shape index (κ1) is 13.4. The maximum Gasteiger partial charge on any atom is 0.134 e. The fourth-order valence-electron chi connectivity index (χ4n) is 1.53. The van der Waals surface area contributed by atoms with Crippen molar-refractivity contribution in [1.82, 2.24) is 0 Å². The number of ether oxygens (including phenoxy) is 1. The summed E-state index contributed by atoms with van der Waals surface area (Å²) in [7, 11) is 0. The molecular formula is C14H11BrClFO. The van der Waals surface area contributed by atoms with Crippen LogP contribution in [0.3, 0.4) is 0 Å². The van der Waals surface area contributed by atoms with E-state index < -0.39 is 0 Å². The molecule has 94 valence electrons. The second kappa shape index (κ2) is 5.72. The molecule has 0 fully saturated rings. The van der Waals surface area contributed by atoms with Crippen LogP contribution in [-0.4, -0.2) is 0 Å². The van der Waals surface area contributed by atoms with E-state index in [2.05, 4.69) is 15.9 Å². The number of halogens is 3. The van der Waals surface area contributed by atoms with E-state index in [0.29, 0.717) is 16.3 Å². The highest BCUT2D eigenvalue weighted by Crippen LogP contribution is 2.27. The number of aryl methyl sites for hydroxylation is 1. The van der Waals surface area contributed by atoms with E-state index in [1.54, 1.807) is 0 Å². The molecular weight excluding hydrogens is 319 g/mol. The summed E-state index contributed by atoms with van der Waals surface area (Å²) >= 11 is 9.39. The summed E-state index contributed by atoms with van der Waals surface area (Å²) in [5.74, 6) is 0.391. The highest BCUT2D eigenvalue weighted by atomic mass is 79.9. The van der Waals surface area contributed by atoms with Gasteiger partial charge in [0.05, 0.1) is 4.47 Å². The SMILES string of the molecule is Cc1ccc(OCc2cc(F)ccc2Cl)c(Br)c1. The Morgan fingerprint density at radius 1 is 1.22 bits per heavy atom. The molecule has 2 aromatic rings. The summed E-state index contributed by atoms with van der Waals surface area (Å²) in [5, 5.41) is 0.500. The Morgan fingerprint density at radius 3 is 2.72 bits per heavy atom. The molecule has 0 aromatic heterocycles. The maximum atomic E-state index is 13.1. The Hall–Kier alpha value is -1.06. The van der Waals surface area contributed by atoms with Crippen LogP contribution in [0.5, 0.6) is 5.75 Å². The molecule has 18 heavy (non-hydrogen) atoms. The zero-order valence-corrected chi connectivity index (χ0v) is 12.1. The first-order valence-electron chi connectivity index (χ1n) is 5.39. The second-order valence-corrected chi connectivity index (χ2v) is 5.22. The molecule has 4 heteroatoms. The second-order valence-electron chi connectivity index (χ2n) is 3.96. The molecule has 0 aliphatic rings. The van der Waals surface area contributed by atoms with Crippen LogP contribution >= 0.6 is 27.5 Å². The summed E-state index contributed by atoms with van der Waals surface area (Å²) in [4.78, 5) is 0. The zero-order chi connectivity index (χ0) is 13.1. The molecule has 0 bridgehead atoms. The quantitative estimate of drug-likeness (QED) is 0.758. The summed E-state index contributed by atoms with van der Waals surface area (Å²) < 4.78 is 19.6. The lowest BCUT2D eigenvalue weighted by atomic mass is 10.2. The van der Waals surface area contributed by atoms with Gasteiger partial charge in [0.2, 0.25) is 0 Å². The number of hydrogen-bond donors (Lipinski definition) is 0. The molecule has 0 saturated carbocycles. The highest BCUT2D eigenvalue weighted by Gasteiger charge is 2.05. The van der Waals surface area contributed by atoms with E-state index in [9.17, 15) is 4.39 Å². The van der Waals surface area contributed by atoms with Crippen LogP contribution in [0.2, 0.25) is 5.02 Å². The number of benzene rings is 2. The van der Waals surface area contributed by atoms with Gasteiger partial charge in [-0.25, -0.2) is 4.39 Å². The van der Waals surface area contributed by atoms with Crippen molar-refractivity contribution in [1.29, 1.82) is 0 Å². The highest BCUT2D eigenvalue weighted by molar-refractivity contribution is 9.10. The van der Waals surface area contributed by atoms with Crippen molar-refractivity contribution in [3.8, 4) is 5.75 Å². The number of hydrogen-bond acceptors (Lipinski definition) is 1. The Balaban J connectivity index is 2.13. The summed E-state index contributed by atoms with van der Waals surface area (Å²) in [5.41, 5.74) is 1.77. The van der Waals surface area contributed by atoms with E-state index in [4.69, 9.17) is 16.3 Å². The zero-order valence-electron chi connectivity index (χ0n) is 9.71. The maximum absolute atomic E-state index is 13.1. The van der Waals surface area contributed by atoms with Crippen molar-refractivity contribution < 1.29 is 9.13 Å². The van der Waals surface area contributed by atoms with Crippen molar-refractivity contribution in [2.75, 3.05) is 0 Å². The molecule has 1 nitrogen and oxygen atoms in total. The van der Waals surface area contributed by atoms with Crippen molar-refractivity contribution >= 4 is 27.5 Å². The first-order valence-corrected chi connectivity index (χ1v) is 6.56. The van der Waals surface area contributed by atoms with Crippen LogP contribution < -0.4 is 4.74 Å². The molecule has 2 rings (SSSR count). The van der Waals surface area contributed by atoms with Crippen LogP contribution in [0.4, 0.5) is 4.39 Å². The molecule has 0 saturated heterocycles. The van der Waals surface area contributed by atoms with Crippen LogP contribution in [0.25, 0.3) is 0 Å². The van der Waals surface area contributed by atoms with E-state index in [1.165, 1.54) is 18.2 Å². The van der Waals surface area contributed by atoms with E-state index in [1.807, 2.05) is 25.1 Å². The predicted molar refractivity (Wildman–Crippen MR) is 74.6 cm³/mol. The predicted octanol–water partition coefficient (Wildman–Crippen LogP) is 5.13. The molecule has 0 aliphatic carbocycles. The third kappa shape index (κ3) is 3.24. The van der Waals surface area contributed by atoms with E-state index in [0.717, 1.165) is 10.0 Å². The van der Waals surface area contributed by atoms with Gasteiger partial charge in [0.1, 0.15) is 18.2 Å². The molecule has 0 heterocycles. The Bertz CT molecular complexity index is 572. The van der Waals surface area contributed by atoms with Crippen LogP contribution in [0, 0.1) is 12.7 Å². The van der Waals surface area contributed by atoms with Crippen molar-refractivity contribution in [2.45, 2.75) is 13.5 Å². The van der Waals surface area contributed by atoms with Crippen molar-refractivity contribution in [3.05, 3.63) is 62.8 Å². The van der Waals surface area contributed by atoms with Gasteiger partial charge in [-0.2, -0.15) is 0 Å². The van der Waals surface area contributed by atoms with E-state index >= 15 is 0 Å². The van der Waals surface area contributed by atoms with Gasteiger partial charge < -0.3 is 4.74 Å². The molecule has 0 atom stereocenters. The van der Waals surface area contributed by atoms with E-state index in [-0.39, 0.29) is 12.4 Å². The lowest BCUT2D eigenvalue weighted by Gasteiger charge is -2.10. The minimum Gasteiger partial charge on any atom is -0.488 e. The molecule has 0 N–H and O–H groups in total. The molecule has 0 radical (unpaired) electrons. The van der Waals surface area contributed by atoms with Crippen LogP contribution in [0.15, 0.2) is 40.9 Å². The minimum atomic E-state index is -0.319. The van der Waals surface area contributed by atoms with Crippen molar-refractivity contribution in [3.63, 3.8) is 0 Å².